The summed E-state index contributed by atoms with van der Waals surface area (Å²) in [6.07, 6.45) is 2.70. The highest BCUT2D eigenvalue weighted by molar-refractivity contribution is 5.86. The first kappa shape index (κ1) is 17.3. The maximum atomic E-state index is 11.9. The number of aromatic nitrogens is 2. The molecule has 1 aliphatic rings. The number of fused-ring (bicyclic) bond motifs is 1. The van der Waals surface area contributed by atoms with E-state index in [2.05, 4.69) is 45.5 Å². The minimum absolute atomic E-state index is 0.0623. The summed E-state index contributed by atoms with van der Waals surface area (Å²) in [5.74, 6) is 0.710. The van der Waals surface area contributed by atoms with Gasteiger partial charge in [-0.05, 0) is 29.3 Å². The van der Waals surface area contributed by atoms with Crippen molar-refractivity contribution in [1.82, 2.24) is 20.2 Å². The molecule has 1 fully saturated rings. The van der Waals surface area contributed by atoms with Gasteiger partial charge in [0.15, 0.2) is 0 Å². The van der Waals surface area contributed by atoms with E-state index in [1.165, 1.54) is 10.8 Å². The molecule has 4 rings (SSSR count). The lowest BCUT2D eigenvalue weighted by molar-refractivity contribution is 0.214. The highest BCUT2D eigenvalue weighted by Gasteiger charge is 2.26. The van der Waals surface area contributed by atoms with Crippen LogP contribution in [0, 0.1) is 0 Å². The van der Waals surface area contributed by atoms with E-state index in [1.807, 2.05) is 18.2 Å². The largest absolute Gasteiger partial charge is 0.339 e. The molecule has 3 aromatic rings. The molecule has 1 saturated heterocycles. The van der Waals surface area contributed by atoms with E-state index in [0.717, 1.165) is 30.8 Å². The molecule has 1 aliphatic heterocycles. The summed E-state index contributed by atoms with van der Waals surface area (Å²) < 4.78 is 0. The fourth-order valence-electron chi connectivity index (χ4n) is 3.37. The van der Waals surface area contributed by atoms with Gasteiger partial charge >= 0.3 is 6.03 Å². The van der Waals surface area contributed by atoms with E-state index in [9.17, 15) is 4.79 Å². The Kier molecular flexibility index (Phi) is 4.62. The maximum Gasteiger partial charge on any atom is 0.317 e. The van der Waals surface area contributed by atoms with Crippen molar-refractivity contribution in [2.24, 2.45) is 0 Å². The number of benzene rings is 2. The summed E-state index contributed by atoms with van der Waals surface area (Å²) in [5, 5.41) is 5.45. The Labute approximate surface area is 158 Å². The van der Waals surface area contributed by atoms with E-state index in [4.69, 9.17) is 4.98 Å². The fourth-order valence-corrected chi connectivity index (χ4v) is 3.37. The average Bonchev–Trinajstić information content (AvgIpc) is 3.16. The molecule has 2 amide bonds. The van der Waals surface area contributed by atoms with E-state index in [0.29, 0.717) is 5.95 Å². The zero-order valence-electron chi connectivity index (χ0n) is 15.6. The Hall–Kier alpha value is -3.15. The van der Waals surface area contributed by atoms with E-state index in [1.54, 1.807) is 25.2 Å². The number of nitrogens with one attached hydrogen (secondary N) is 1. The number of anilines is 1. The molecule has 1 unspecified atom stereocenters. The van der Waals surface area contributed by atoms with Crippen LogP contribution in [0.15, 0.2) is 54.7 Å². The number of amides is 2. The lowest BCUT2D eigenvalue weighted by Crippen LogP contribution is -2.42. The van der Waals surface area contributed by atoms with Crippen LogP contribution in [0.2, 0.25) is 0 Å². The van der Waals surface area contributed by atoms with Gasteiger partial charge in [0, 0.05) is 45.0 Å². The van der Waals surface area contributed by atoms with Crippen molar-refractivity contribution in [3.8, 4) is 11.3 Å². The molecule has 0 spiro atoms. The number of nitrogens with zero attached hydrogens (tertiary/aromatic N) is 4. The maximum absolute atomic E-state index is 11.9. The lowest BCUT2D eigenvalue weighted by Gasteiger charge is -2.19. The third kappa shape index (κ3) is 3.69. The smallest absolute Gasteiger partial charge is 0.317 e. The topological polar surface area (TPSA) is 61.4 Å². The lowest BCUT2D eigenvalue weighted by atomic mass is 10.1. The fraction of sp³-hybridized carbons (Fsp3) is 0.286. The predicted octanol–water partition coefficient (Wildman–Crippen LogP) is 3.15. The quantitative estimate of drug-likeness (QED) is 0.778. The molecule has 2 aromatic carbocycles. The van der Waals surface area contributed by atoms with Gasteiger partial charge in [0.05, 0.1) is 5.69 Å². The SMILES string of the molecule is CN(C)C(=O)NC1CCN(c2nccc(-c3ccc4ccccc4c3)n2)C1. The molecule has 0 radical (unpaired) electrons. The summed E-state index contributed by atoms with van der Waals surface area (Å²) in [4.78, 5) is 24.8. The first-order valence-electron chi connectivity index (χ1n) is 9.15. The van der Waals surface area contributed by atoms with Crippen LogP contribution in [-0.4, -0.2) is 54.1 Å². The molecule has 0 saturated carbocycles. The minimum Gasteiger partial charge on any atom is -0.339 e. The van der Waals surface area contributed by atoms with Gasteiger partial charge < -0.3 is 15.1 Å². The van der Waals surface area contributed by atoms with Crippen LogP contribution in [0.5, 0.6) is 0 Å². The summed E-state index contributed by atoms with van der Waals surface area (Å²) in [5.41, 5.74) is 1.99. The Balaban J connectivity index is 1.53. The third-order valence-electron chi connectivity index (χ3n) is 4.89. The molecule has 1 N–H and O–H groups in total. The van der Waals surface area contributed by atoms with Gasteiger partial charge in [-0.15, -0.1) is 0 Å². The summed E-state index contributed by atoms with van der Waals surface area (Å²) in [6, 6.07) is 16.7. The second-order valence-electron chi connectivity index (χ2n) is 7.08. The summed E-state index contributed by atoms with van der Waals surface area (Å²) in [7, 11) is 3.50. The molecule has 1 aromatic heterocycles. The van der Waals surface area contributed by atoms with E-state index in [-0.39, 0.29) is 12.1 Å². The van der Waals surface area contributed by atoms with Crippen molar-refractivity contribution < 1.29 is 4.79 Å². The second-order valence-corrected chi connectivity index (χ2v) is 7.08. The van der Waals surface area contributed by atoms with Gasteiger partial charge in [-0.1, -0.05) is 36.4 Å². The number of urea groups is 1. The van der Waals surface area contributed by atoms with Gasteiger partial charge in [-0.3, -0.25) is 0 Å². The van der Waals surface area contributed by atoms with Crippen LogP contribution in [0.25, 0.3) is 22.0 Å². The molecular formula is C21H23N5O. The van der Waals surface area contributed by atoms with Gasteiger partial charge in [0.1, 0.15) is 0 Å². The second kappa shape index (κ2) is 7.23. The molecule has 27 heavy (non-hydrogen) atoms. The molecule has 1 atom stereocenters. The summed E-state index contributed by atoms with van der Waals surface area (Å²) >= 11 is 0. The molecule has 138 valence electrons. The van der Waals surface area contributed by atoms with E-state index < -0.39 is 0 Å². The van der Waals surface area contributed by atoms with Crippen LogP contribution in [0.1, 0.15) is 6.42 Å². The normalized spacial score (nSPS) is 16.5. The van der Waals surface area contributed by atoms with Gasteiger partial charge in [-0.25, -0.2) is 14.8 Å². The Morgan fingerprint density at radius 1 is 1.15 bits per heavy atom. The number of carbonyl (C=O) groups excluding carboxylic acids is 1. The first-order chi connectivity index (χ1) is 13.1. The van der Waals surface area contributed by atoms with Crippen molar-refractivity contribution in [2.45, 2.75) is 12.5 Å². The predicted molar refractivity (Wildman–Crippen MR) is 108 cm³/mol. The molecule has 0 aliphatic carbocycles. The van der Waals surface area contributed by atoms with Crippen molar-refractivity contribution in [2.75, 3.05) is 32.1 Å². The number of hydrogen-bond acceptors (Lipinski definition) is 4. The van der Waals surface area contributed by atoms with Crippen LogP contribution in [0.4, 0.5) is 10.7 Å². The zero-order valence-corrected chi connectivity index (χ0v) is 15.6. The number of rotatable bonds is 3. The Bertz CT molecular complexity index is 971. The number of carbonyl (C=O) groups is 1. The Morgan fingerprint density at radius 2 is 1.96 bits per heavy atom. The van der Waals surface area contributed by atoms with Gasteiger partial charge in [-0.2, -0.15) is 0 Å². The van der Waals surface area contributed by atoms with Gasteiger partial charge in [0.25, 0.3) is 0 Å². The number of hydrogen-bond donors (Lipinski definition) is 1. The van der Waals surface area contributed by atoms with Crippen LogP contribution in [0.3, 0.4) is 0 Å². The zero-order chi connectivity index (χ0) is 18.8. The summed E-state index contributed by atoms with van der Waals surface area (Å²) in [6.45, 7) is 1.56. The third-order valence-corrected chi connectivity index (χ3v) is 4.89. The first-order valence-corrected chi connectivity index (χ1v) is 9.15. The average molecular weight is 361 g/mol. The van der Waals surface area contributed by atoms with Crippen LogP contribution >= 0.6 is 0 Å². The highest BCUT2D eigenvalue weighted by atomic mass is 16.2. The van der Waals surface area contributed by atoms with Crippen molar-refractivity contribution in [3.63, 3.8) is 0 Å². The Morgan fingerprint density at radius 3 is 2.78 bits per heavy atom. The van der Waals surface area contributed by atoms with Crippen molar-refractivity contribution in [1.29, 1.82) is 0 Å². The van der Waals surface area contributed by atoms with Crippen molar-refractivity contribution in [3.05, 3.63) is 54.7 Å². The molecule has 6 nitrogen and oxygen atoms in total. The monoisotopic (exact) mass is 361 g/mol. The molecule has 2 heterocycles. The van der Waals surface area contributed by atoms with Crippen LogP contribution < -0.4 is 10.2 Å². The minimum atomic E-state index is -0.0623. The van der Waals surface area contributed by atoms with E-state index >= 15 is 0 Å². The molecule has 0 bridgehead atoms. The van der Waals surface area contributed by atoms with Crippen molar-refractivity contribution >= 4 is 22.8 Å². The van der Waals surface area contributed by atoms with Crippen LogP contribution in [-0.2, 0) is 0 Å². The standard InChI is InChI=1S/C21H23N5O/c1-25(2)21(27)23-18-10-12-26(14-18)20-22-11-9-19(24-20)17-8-7-15-5-3-4-6-16(15)13-17/h3-9,11,13,18H,10,12,14H2,1-2H3,(H,23,27). The molecule has 6 heteroatoms. The molecular weight excluding hydrogens is 338 g/mol. The highest BCUT2D eigenvalue weighted by Crippen LogP contribution is 2.25. The van der Waals surface area contributed by atoms with Gasteiger partial charge in [0.2, 0.25) is 5.95 Å².